The van der Waals surface area contributed by atoms with E-state index >= 15 is 0 Å². The van der Waals surface area contributed by atoms with Gasteiger partial charge in [0, 0.05) is 94.6 Å². The van der Waals surface area contributed by atoms with Crippen molar-refractivity contribution < 1.29 is 0 Å². The second-order valence-corrected chi connectivity index (χ2v) is 8.56. The number of aromatic nitrogens is 5. The lowest BCUT2D eigenvalue weighted by atomic mass is 10.0. The van der Waals surface area contributed by atoms with Gasteiger partial charge in [-0.05, 0) is 42.5 Å². The average Bonchev–Trinajstić information content (AvgIpc) is 3.39. The van der Waals surface area contributed by atoms with Crippen LogP contribution in [0.5, 0.6) is 0 Å². The van der Waals surface area contributed by atoms with Crippen LogP contribution in [-0.4, -0.2) is 36.8 Å². The molecule has 0 radical (unpaired) electrons. The Morgan fingerprint density at radius 3 is 1.79 bits per heavy atom. The Balaban J connectivity index is 1.45. The second-order valence-electron chi connectivity index (χ2n) is 8.56. The van der Waals surface area contributed by atoms with Crippen molar-refractivity contribution in [2.24, 2.45) is 4.99 Å². The lowest BCUT2D eigenvalue weighted by molar-refractivity contribution is 0.720. The van der Waals surface area contributed by atoms with E-state index in [2.05, 4.69) is 78.5 Å². The van der Waals surface area contributed by atoms with E-state index in [1.54, 1.807) is 0 Å². The summed E-state index contributed by atoms with van der Waals surface area (Å²) in [6.07, 6.45) is 13.3. The van der Waals surface area contributed by atoms with Gasteiger partial charge in [0.05, 0.1) is 16.6 Å². The smallest absolute Gasteiger partial charge is 0.0572 e. The number of rotatable bonds is 2. The Bertz CT molecular complexity index is 1650. The summed E-state index contributed by atoms with van der Waals surface area (Å²) in [6.45, 7) is 3.05. The molecule has 33 heavy (non-hydrogen) atoms. The first kappa shape index (κ1) is 18.3. The fraction of sp³-hybridized carbons (Fsp3) is 0.111. The molecule has 0 fully saturated rings. The van der Waals surface area contributed by atoms with Crippen molar-refractivity contribution in [3.05, 3.63) is 90.9 Å². The zero-order valence-corrected chi connectivity index (χ0v) is 18.1. The van der Waals surface area contributed by atoms with Crippen LogP contribution in [0.1, 0.15) is 24.1 Å². The topological polar surface area (TPSA) is 60.9 Å². The standard InChI is InChI=1S/C27H20N6/c1-17-12-31-16-23-22-15-30-11-8-26(22)33(27(17)23)19-4-2-18(3-5-19)32-24-6-9-28-13-20(24)21-14-29-10-7-25(21)32/h2-11,13-17H,12H2,1H3. The molecule has 7 rings (SSSR count). The molecular formula is C27H20N6. The molecule has 1 aliphatic heterocycles. The second kappa shape index (κ2) is 6.84. The summed E-state index contributed by atoms with van der Waals surface area (Å²) < 4.78 is 4.64. The van der Waals surface area contributed by atoms with Gasteiger partial charge in [-0.15, -0.1) is 0 Å². The highest BCUT2D eigenvalue weighted by Gasteiger charge is 2.24. The van der Waals surface area contributed by atoms with E-state index in [-0.39, 0.29) is 0 Å². The minimum absolute atomic E-state index is 0.342. The third-order valence-corrected chi connectivity index (χ3v) is 6.65. The average molecular weight is 428 g/mol. The highest BCUT2D eigenvalue weighted by Crippen LogP contribution is 2.36. The van der Waals surface area contributed by atoms with Gasteiger partial charge in [0.1, 0.15) is 0 Å². The number of hydrogen-bond donors (Lipinski definition) is 0. The van der Waals surface area contributed by atoms with Crippen LogP contribution in [0.25, 0.3) is 44.1 Å². The molecule has 0 spiro atoms. The quantitative estimate of drug-likeness (QED) is 0.369. The Kier molecular flexibility index (Phi) is 3.79. The summed E-state index contributed by atoms with van der Waals surface area (Å²) in [6, 6.07) is 15.0. The monoisotopic (exact) mass is 428 g/mol. The van der Waals surface area contributed by atoms with Gasteiger partial charge in [0.25, 0.3) is 0 Å². The summed E-state index contributed by atoms with van der Waals surface area (Å²) >= 11 is 0. The third-order valence-electron chi connectivity index (χ3n) is 6.65. The number of aliphatic imine (C=N–C) groups is 1. The van der Waals surface area contributed by atoms with Gasteiger partial charge in [-0.2, -0.15) is 0 Å². The molecule has 1 aromatic carbocycles. The molecule has 6 aromatic rings. The summed E-state index contributed by atoms with van der Waals surface area (Å²) in [5.41, 5.74) is 8.15. The first-order valence-electron chi connectivity index (χ1n) is 11.1. The van der Waals surface area contributed by atoms with Crippen LogP contribution in [0.2, 0.25) is 0 Å². The molecule has 0 saturated carbocycles. The van der Waals surface area contributed by atoms with Gasteiger partial charge in [-0.3, -0.25) is 19.9 Å². The van der Waals surface area contributed by atoms with Crippen molar-refractivity contribution >= 4 is 38.9 Å². The molecule has 0 amide bonds. The van der Waals surface area contributed by atoms with Crippen LogP contribution in [0.3, 0.4) is 0 Å². The van der Waals surface area contributed by atoms with Gasteiger partial charge in [-0.25, -0.2) is 0 Å². The number of benzene rings is 1. The minimum atomic E-state index is 0.342. The maximum atomic E-state index is 4.58. The molecular weight excluding hydrogens is 408 g/mol. The largest absolute Gasteiger partial charge is 0.312 e. The fourth-order valence-electron chi connectivity index (χ4n) is 5.20. The van der Waals surface area contributed by atoms with Crippen LogP contribution in [-0.2, 0) is 0 Å². The first-order valence-corrected chi connectivity index (χ1v) is 11.1. The van der Waals surface area contributed by atoms with Crippen molar-refractivity contribution in [2.45, 2.75) is 12.8 Å². The van der Waals surface area contributed by atoms with Crippen LogP contribution in [0, 0.1) is 0 Å². The van der Waals surface area contributed by atoms with E-state index in [0.29, 0.717) is 5.92 Å². The van der Waals surface area contributed by atoms with Gasteiger partial charge < -0.3 is 9.13 Å². The summed E-state index contributed by atoms with van der Waals surface area (Å²) in [4.78, 5) is 17.6. The number of hydrogen-bond acceptors (Lipinski definition) is 4. The fourth-order valence-corrected chi connectivity index (χ4v) is 5.20. The van der Waals surface area contributed by atoms with Gasteiger partial charge in [0.15, 0.2) is 0 Å². The maximum Gasteiger partial charge on any atom is 0.0572 e. The zero-order chi connectivity index (χ0) is 21.9. The van der Waals surface area contributed by atoms with E-state index < -0.39 is 0 Å². The molecule has 1 aliphatic rings. The van der Waals surface area contributed by atoms with Crippen LogP contribution < -0.4 is 0 Å². The zero-order valence-electron chi connectivity index (χ0n) is 18.1. The molecule has 5 aromatic heterocycles. The van der Waals surface area contributed by atoms with Crippen molar-refractivity contribution in [3.63, 3.8) is 0 Å². The van der Waals surface area contributed by atoms with Crippen molar-refractivity contribution in [3.8, 4) is 11.4 Å². The van der Waals surface area contributed by atoms with Crippen LogP contribution >= 0.6 is 0 Å². The molecule has 6 heterocycles. The maximum absolute atomic E-state index is 4.58. The minimum Gasteiger partial charge on any atom is -0.312 e. The normalized spacial score (nSPS) is 15.5. The van der Waals surface area contributed by atoms with E-state index in [9.17, 15) is 0 Å². The highest BCUT2D eigenvalue weighted by atomic mass is 15.0. The lowest BCUT2D eigenvalue weighted by Crippen LogP contribution is -2.12. The third kappa shape index (κ3) is 2.55. The molecule has 0 bridgehead atoms. The molecule has 6 heteroatoms. The first-order chi connectivity index (χ1) is 16.3. The summed E-state index contributed by atoms with van der Waals surface area (Å²) in [5, 5.41) is 3.36. The summed E-state index contributed by atoms with van der Waals surface area (Å²) in [7, 11) is 0. The predicted molar refractivity (Wildman–Crippen MR) is 132 cm³/mol. The molecule has 1 atom stereocenters. The highest BCUT2D eigenvalue weighted by molar-refractivity contribution is 6.08. The van der Waals surface area contributed by atoms with E-state index in [4.69, 9.17) is 0 Å². The van der Waals surface area contributed by atoms with Crippen molar-refractivity contribution in [2.75, 3.05) is 6.54 Å². The van der Waals surface area contributed by atoms with Crippen molar-refractivity contribution in [1.29, 1.82) is 0 Å². The predicted octanol–water partition coefficient (Wildman–Crippen LogP) is 5.45. The Hall–Kier alpha value is -4.32. The van der Waals surface area contributed by atoms with Gasteiger partial charge in [0.2, 0.25) is 0 Å². The molecule has 6 nitrogen and oxygen atoms in total. The van der Waals surface area contributed by atoms with Crippen LogP contribution in [0.4, 0.5) is 0 Å². The molecule has 0 aliphatic carbocycles. The Labute approximate surface area is 189 Å². The number of pyridine rings is 3. The number of nitrogens with zero attached hydrogens (tertiary/aromatic N) is 6. The van der Waals surface area contributed by atoms with Gasteiger partial charge >= 0.3 is 0 Å². The Morgan fingerprint density at radius 1 is 0.667 bits per heavy atom. The van der Waals surface area contributed by atoms with E-state index in [1.807, 2.05) is 43.4 Å². The molecule has 158 valence electrons. The van der Waals surface area contributed by atoms with E-state index in [0.717, 1.165) is 50.6 Å². The van der Waals surface area contributed by atoms with Gasteiger partial charge in [-0.1, -0.05) is 6.92 Å². The molecule has 1 unspecified atom stereocenters. The SMILES string of the molecule is CC1CN=Cc2c1n(-c1ccc(-n3c4ccncc4c4cnccc43)cc1)c1ccncc21. The summed E-state index contributed by atoms with van der Waals surface area (Å²) in [5.74, 6) is 0.342. The molecule has 0 saturated heterocycles. The Morgan fingerprint density at radius 2 is 1.18 bits per heavy atom. The van der Waals surface area contributed by atoms with Crippen molar-refractivity contribution in [1.82, 2.24) is 24.1 Å². The van der Waals surface area contributed by atoms with Crippen LogP contribution in [0.15, 0.2) is 84.6 Å². The lowest BCUT2D eigenvalue weighted by Gasteiger charge is -2.19. The number of fused-ring (bicyclic) bond motifs is 6. The molecule has 0 N–H and O–H groups in total. The van der Waals surface area contributed by atoms with E-state index in [1.165, 1.54) is 11.3 Å².